The van der Waals surface area contributed by atoms with Crippen LogP contribution in [0.5, 0.6) is 0 Å². The summed E-state index contributed by atoms with van der Waals surface area (Å²) in [7, 11) is 1.16. The van der Waals surface area contributed by atoms with Gasteiger partial charge in [-0.1, -0.05) is 0 Å². The number of hydrogen-bond acceptors (Lipinski definition) is 21. The number of rotatable bonds is 13. The van der Waals surface area contributed by atoms with Gasteiger partial charge in [0, 0.05) is 21.0 Å². The zero-order valence-corrected chi connectivity index (χ0v) is 28.4. The molecule has 0 bridgehead atoms. The molecule has 4 fully saturated rings. The highest BCUT2D eigenvalue weighted by Crippen LogP contribution is 2.35. The average molecular weight is 763 g/mol. The number of methoxy groups -OCH3 is 1. The van der Waals surface area contributed by atoms with Crippen molar-refractivity contribution < 1.29 is 104 Å². The van der Waals surface area contributed by atoms with E-state index in [1.54, 1.807) is 0 Å². The highest BCUT2D eigenvalue weighted by molar-refractivity contribution is 5.73. The first-order valence-corrected chi connectivity index (χ1v) is 16.5. The molecule has 13 N–H and O–H groups in total. The van der Waals surface area contributed by atoms with Gasteiger partial charge >= 0.3 is 0 Å². The summed E-state index contributed by atoms with van der Waals surface area (Å²) < 4.78 is 45.5. The van der Waals surface area contributed by atoms with Crippen molar-refractivity contribution in [3.8, 4) is 0 Å². The summed E-state index contributed by atoms with van der Waals surface area (Å²) in [6, 6.07) is -3.02. The molecule has 4 rings (SSSR count). The average Bonchev–Trinajstić information content (AvgIpc) is 3.11. The summed E-state index contributed by atoms with van der Waals surface area (Å²) in [5.74, 6) is -1.39. The lowest BCUT2D eigenvalue weighted by molar-refractivity contribution is -0.381. The van der Waals surface area contributed by atoms with Crippen LogP contribution in [0.1, 0.15) is 13.8 Å². The molecule has 4 aliphatic rings. The molecule has 0 radical (unpaired) electrons. The fourth-order valence-corrected chi connectivity index (χ4v) is 6.51. The Hall–Kier alpha value is -1.82. The lowest BCUT2D eigenvalue weighted by Gasteiger charge is -2.50. The molecule has 23 heteroatoms. The van der Waals surface area contributed by atoms with E-state index in [-0.39, 0.29) is 0 Å². The smallest absolute Gasteiger partial charge is 0.217 e. The molecule has 52 heavy (non-hydrogen) atoms. The maximum atomic E-state index is 12.3. The zero-order valence-electron chi connectivity index (χ0n) is 28.4. The van der Waals surface area contributed by atoms with E-state index in [2.05, 4.69) is 10.6 Å². The first-order chi connectivity index (χ1) is 24.6. The van der Waals surface area contributed by atoms with Crippen LogP contribution in [0.15, 0.2) is 0 Å². The van der Waals surface area contributed by atoms with Gasteiger partial charge in [0.15, 0.2) is 25.2 Å². The lowest BCUT2D eigenvalue weighted by atomic mass is 9.94. The van der Waals surface area contributed by atoms with Crippen molar-refractivity contribution >= 4 is 11.8 Å². The summed E-state index contributed by atoms with van der Waals surface area (Å²) in [5, 5.41) is 119. The Balaban J connectivity index is 1.59. The van der Waals surface area contributed by atoms with Crippen LogP contribution in [0.2, 0.25) is 0 Å². The molecule has 0 aromatic carbocycles. The van der Waals surface area contributed by atoms with E-state index in [4.69, 9.17) is 37.9 Å². The Morgan fingerprint density at radius 3 is 1.35 bits per heavy atom. The number of aliphatic hydroxyl groups excluding tert-OH is 11. The van der Waals surface area contributed by atoms with Gasteiger partial charge in [-0.2, -0.15) is 0 Å². The highest BCUT2D eigenvalue weighted by Gasteiger charge is 2.56. The minimum absolute atomic E-state index is 0.667. The van der Waals surface area contributed by atoms with E-state index < -0.39 is 161 Å². The summed E-state index contributed by atoms with van der Waals surface area (Å²) in [6.45, 7) is -1.05. The molecule has 0 aromatic heterocycles. The van der Waals surface area contributed by atoms with E-state index in [1.165, 1.54) is 0 Å². The van der Waals surface area contributed by atoms with Crippen LogP contribution in [-0.2, 0) is 47.5 Å². The maximum absolute atomic E-state index is 12.3. The fraction of sp³-hybridized carbons (Fsp3) is 0.931. The number of aliphatic hydroxyl groups is 11. The van der Waals surface area contributed by atoms with Crippen molar-refractivity contribution in [2.24, 2.45) is 0 Å². The fourth-order valence-electron chi connectivity index (χ4n) is 6.51. The second-order valence-corrected chi connectivity index (χ2v) is 12.8. The van der Waals surface area contributed by atoms with Crippen molar-refractivity contribution in [3.05, 3.63) is 0 Å². The molecule has 20 atom stereocenters. The molecule has 0 aliphatic carbocycles. The van der Waals surface area contributed by atoms with Gasteiger partial charge in [0.2, 0.25) is 11.8 Å². The van der Waals surface area contributed by atoms with Crippen molar-refractivity contribution in [2.45, 2.75) is 137 Å². The predicted octanol–water partition coefficient (Wildman–Crippen LogP) is -8.81. The molecular formula is C29H50N2O21. The van der Waals surface area contributed by atoms with Crippen molar-refractivity contribution in [1.29, 1.82) is 0 Å². The number of carbonyl (C=O) groups is 2. The Bertz CT molecular complexity index is 1160. The van der Waals surface area contributed by atoms with Gasteiger partial charge < -0.3 is 105 Å². The minimum atomic E-state index is -1.90. The van der Waals surface area contributed by atoms with Crippen molar-refractivity contribution in [3.63, 3.8) is 0 Å². The van der Waals surface area contributed by atoms with E-state index >= 15 is 0 Å². The molecular weight excluding hydrogens is 712 g/mol. The van der Waals surface area contributed by atoms with Gasteiger partial charge in [0.1, 0.15) is 97.5 Å². The number of carbonyl (C=O) groups excluding carboxylic acids is 2. The van der Waals surface area contributed by atoms with E-state index in [0.29, 0.717) is 0 Å². The second kappa shape index (κ2) is 18.7. The van der Waals surface area contributed by atoms with Crippen LogP contribution in [0, 0.1) is 0 Å². The minimum Gasteiger partial charge on any atom is -0.394 e. The van der Waals surface area contributed by atoms with E-state index in [9.17, 15) is 65.8 Å². The van der Waals surface area contributed by atoms with Gasteiger partial charge in [-0.15, -0.1) is 0 Å². The summed E-state index contributed by atoms with van der Waals surface area (Å²) in [5.41, 5.74) is 0. The molecule has 0 aromatic rings. The highest BCUT2D eigenvalue weighted by atomic mass is 16.8. The van der Waals surface area contributed by atoms with E-state index in [1.807, 2.05) is 0 Å². The predicted molar refractivity (Wildman–Crippen MR) is 162 cm³/mol. The molecule has 302 valence electrons. The topological polar surface area (TPSA) is 355 Å². The molecule has 0 spiro atoms. The number of ether oxygens (including phenoxy) is 8. The van der Waals surface area contributed by atoms with Crippen LogP contribution < -0.4 is 10.6 Å². The molecule has 4 heterocycles. The van der Waals surface area contributed by atoms with Crippen molar-refractivity contribution in [2.75, 3.05) is 33.5 Å². The van der Waals surface area contributed by atoms with Gasteiger partial charge in [0.25, 0.3) is 0 Å². The van der Waals surface area contributed by atoms with E-state index in [0.717, 1.165) is 21.0 Å². The first kappa shape index (κ1) is 42.9. The van der Waals surface area contributed by atoms with Crippen LogP contribution in [-0.4, -0.2) is 224 Å². The lowest BCUT2D eigenvalue weighted by Crippen LogP contribution is -2.70. The van der Waals surface area contributed by atoms with Crippen molar-refractivity contribution in [1.82, 2.24) is 10.6 Å². The second-order valence-electron chi connectivity index (χ2n) is 12.8. The Labute approximate surface area is 296 Å². The molecule has 23 nitrogen and oxygen atoms in total. The summed E-state index contributed by atoms with van der Waals surface area (Å²) in [6.07, 6.45) is -29.8. The Morgan fingerprint density at radius 1 is 0.481 bits per heavy atom. The standard InChI is InChI=1S/C29H50N2O21/c1-8(36)30-14-18(40)16(38)10(4-32)46-26(14)50-24-13(7-35)49-29(45-3)25(22(24)44)52-27-15(31-9(2)37)19(41)23(12(6-34)48-27)51-28-21(43)20(42)17(39)11(5-33)47-28/h10-29,32-35,38-44H,4-7H2,1-3H3,(H,30,36)(H,31,37)/t10?,11?,12?,13?,14?,15?,16-,17+,18?,19?,20?,21?,22?,23-,24-,25?,26+,27+,28+,29+/m1/s1. The third kappa shape index (κ3) is 9.16. The molecule has 4 aliphatic heterocycles. The van der Waals surface area contributed by atoms with Gasteiger partial charge in [-0.3, -0.25) is 9.59 Å². The number of nitrogens with one attached hydrogen (secondary N) is 2. The van der Waals surface area contributed by atoms with Gasteiger partial charge in [-0.05, 0) is 0 Å². The zero-order chi connectivity index (χ0) is 38.6. The molecule has 4 saturated heterocycles. The Morgan fingerprint density at radius 2 is 0.865 bits per heavy atom. The van der Waals surface area contributed by atoms with Crippen LogP contribution >= 0.6 is 0 Å². The number of hydrogen-bond donors (Lipinski definition) is 13. The van der Waals surface area contributed by atoms with Gasteiger partial charge in [-0.25, -0.2) is 0 Å². The SMILES string of the molecule is CO[C@H]1OC(CO)[C@@H](O[C@@H]2OC(CO)[C@@H](O)C(O)C2NC(C)=O)C(O)C1O[C@@H]1OC(CO)[C@@H](O[C@@H]2OC(CO)[C@H](O)C(O)C2O)C(O)C1NC(C)=O. The molecule has 2 amide bonds. The quantitative estimate of drug-likeness (QED) is 0.0828. The largest absolute Gasteiger partial charge is 0.394 e. The normalized spacial score (nSPS) is 47.1. The summed E-state index contributed by atoms with van der Waals surface area (Å²) in [4.78, 5) is 24.2. The third-order valence-corrected chi connectivity index (χ3v) is 9.23. The third-order valence-electron chi connectivity index (χ3n) is 9.23. The molecule has 12 unspecified atom stereocenters. The maximum Gasteiger partial charge on any atom is 0.217 e. The number of amides is 2. The molecule has 0 saturated carbocycles. The van der Waals surface area contributed by atoms with Gasteiger partial charge in [0.05, 0.1) is 26.4 Å². The Kier molecular flexibility index (Phi) is 15.4. The first-order valence-electron chi connectivity index (χ1n) is 16.5. The van der Waals surface area contributed by atoms with Crippen LogP contribution in [0.25, 0.3) is 0 Å². The van der Waals surface area contributed by atoms with Crippen LogP contribution in [0.3, 0.4) is 0 Å². The van der Waals surface area contributed by atoms with Crippen LogP contribution in [0.4, 0.5) is 0 Å². The monoisotopic (exact) mass is 762 g/mol. The summed E-state index contributed by atoms with van der Waals surface area (Å²) >= 11 is 0.